The van der Waals surface area contributed by atoms with Crippen molar-refractivity contribution in [3.05, 3.63) is 0 Å². The summed E-state index contributed by atoms with van der Waals surface area (Å²) in [5, 5.41) is 6.25. The Morgan fingerprint density at radius 1 is 1.19 bits per heavy atom. The standard InChI is InChI=1S/C19H31N3O4/c1-2-26-17(24)15(14-6-4-3-5-7-14)16(23)22-12-8-19(9-13-22)18(25)20-10-11-21-19/h14-15,21H,2-13H2,1H3,(H,20,25). The number of amides is 2. The quantitative estimate of drug-likeness (QED) is 0.569. The molecule has 1 atom stereocenters. The molecule has 0 aromatic carbocycles. The average Bonchev–Trinajstić information content (AvgIpc) is 2.66. The molecule has 2 aliphatic heterocycles. The molecule has 3 aliphatic rings. The number of carbonyl (C=O) groups excluding carboxylic acids is 3. The van der Waals surface area contributed by atoms with Gasteiger partial charge in [0.25, 0.3) is 0 Å². The fourth-order valence-corrected chi connectivity index (χ4v) is 4.63. The molecule has 1 aliphatic carbocycles. The van der Waals surface area contributed by atoms with Gasteiger partial charge in [0.05, 0.1) is 6.61 Å². The number of hydrogen-bond acceptors (Lipinski definition) is 5. The fraction of sp³-hybridized carbons (Fsp3) is 0.842. The molecule has 2 N–H and O–H groups in total. The maximum absolute atomic E-state index is 13.2. The summed E-state index contributed by atoms with van der Waals surface area (Å²) >= 11 is 0. The van der Waals surface area contributed by atoms with E-state index >= 15 is 0 Å². The Balaban J connectivity index is 1.67. The van der Waals surface area contributed by atoms with Gasteiger partial charge in [-0.05, 0) is 38.5 Å². The Bertz CT molecular complexity index is 537. The Kier molecular flexibility index (Phi) is 6.16. The van der Waals surface area contributed by atoms with E-state index in [1.807, 2.05) is 0 Å². The van der Waals surface area contributed by atoms with Crippen molar-refractivity contribution in [3.63, 3.8) is 0 Å². The lowest BCUT2D eigenvalue weighted by Crippen LogP contribution is -2.67. The van der Waals surface area contributed by atoms with Crippen molar-refractivity contribution < 1.29 is 19.1 Å². The van der Waals surface area contributed by atoms with Gasteiger partial charge in [0.15, 0.2) is 0 Å². The van der Waals surface area contributed by atoms with E-state index in [9.17, 15) is 14.4 Å². The summed E-state index contributed by atoms with van der Waals surface area (Å²) in [6, 6.07) is 0. The predicted molar refractivity (Wildman–Crippen MR) is 96.3 cm³/mol. The zero-order valence-corrected chi connectivity index (χ0v) is 15.7. The van der Waals surface area contributed by atoms with Crippen LogP contribution in [-0.4, -0.2) is 61.0 Å². The summed E-state index contributed by atoms with van der Waals surface area (Å²) in [4.78, 5) is 39.7. The second-order valence-electron chi connectivity index (χ2n) is 7.72. The van der Waals surface area contributed by atoms with Crippen LogP contribution in [0, 0.1) is 11.8 Å². The van der Waals surface area contributed by atoms with E-state index in [2.05, 4.69) is 10.6 Å². The smallest absolute Gasteiger partial charge is 0.318 e. The van der Waals surface area contributed by atoms with E-state index in [-0.39, 0.29) is 23.7 Å². The highest BCUT2D eigenvalue weighted by atomic mass is 16.5. The highest BCUT2D eigenvalue weighted by Crippen LogP contribution is 2.33. The summed E-state index contributed by atoms with van der Waals surface area (Å²) in [7, 11) is 0. The summed E-state index contributed by atoms with van der Waals surface area (Å²) in [6.07, 6.45) is 6.32. The van der Waals surface area contributed by atoms with Crippen LogP contribution in [-0.2, 0) is 19.1 Å². The topological polar surface area (TPSA) is 87.7 Å². The minimum atomic E-state index is -0.683. The molecule has 3 rings (SSSR count). The number of nitrogens with one attached hydrogen (secondary N) is 2. The van der Waals surface area contributed by atoms with E-state index < -0.39 is 11.5 Å². The van der Waals surface area contributed by atoms with Gasteiger partial charge in [0.1, 0.15) is 11.5 Å². The van der Waals surface area contributed by atoms with Crippen molar-refractivity contribution in [2.45, 2.75) is 57.4 Å². The Morgan fingerprint density at radius 2 is 1.88 bits per heavy atom. The lowest BCUT2D eigenvalue weighted by molar-refractivity contribution is -0.160. The summed E-state index contributed by atoms with van der Waals surface area (Å²) in [6.45, 7) is 4.48. The number of ether oxygens (including phenoxy) is 1. The van der Waals surface area contributed by atoms with Gasteiger partial charge < -0.3 is 20.3 Å². The number of hydrogen-bond donors (Lipinski definition) is 2. The van der Waals surface area contributed by atoms with Crippen molar-refractivity contribution in [2.24, 2.45) is 11.8 Å². The zero-order chi connectivity index (χ0) is 18.6. The predicted octanol–water partition coefficient (Wildman–Crippen LogP) is 0.827. The van der Waals surface area contributed by atoms with Gasteiger partial charge in [-0.25, -0.2) is 0 Å². The molecule has 0 radical (unpaired) electrons. The molecule has 146 valence electrons. The number of piperazine rings is 1. The number of carbonyl (C=O) groups is 3. The van der Waals surface area contributed by atoms with Crippen molar-refractivity contribution in [2.75, 3.05) is 32.8 Å². The van der Waals surface area contributed by atoms with Gasteiger partial charge in [-0.3, -0.25) is 14.4 Å². The molecule has 7 heteroatoms. The minimum Gasteiger partial charge on any atom is -0.465 e. The van der Waals surface area contributed by atoms with Gasteiger partial charge in [-0.1, -0.05) is 19.3 Å². The lowest BCUT2D eigenvalue weighted by atomic mass is 9.78. The molecule has 0 aromatic heterocycles. The molecular weight excluding hydrogens is 334 g/mol. The fourth-order valence-electron chi connectivity index (χ4n) is 4.63. The second kappa shape index (κ2) is 8.37. The molecule has 7 nitrogen and oxygen atoms in total. The molecule has 0 aromatic rings. The van der Waals surface area contributed by atoms with E-state index in [0.717, 1.165) is 32.2 Å². The summed E-state index contributed by atoms with van der Waals surface area (Å²) < 4.78 is 5.23. The van der Waals surface area contributed by atoms with Crippen molar-refractivity contribution in [3.8, 4) is 0 Å². The molecule has 3 fully saturated rings. The van der Waals surface area contributed by atoms with Crippen LogP contribution in [0.3, 0.4) is 0 Å². The SMILES string of the molecule is CCOC(=O)C(C(=O)N1CCC2(CC1)NCCNC2=O)C1CCCCC1. The maximum atomic E-state index is 13.2. The monoisotopic (exact) mass is 365 g/mol. The Labute approximate surface area is 155 Å². The van der Waals surface area contributed by atoms with Crippen LogP contribution in [0.25, 0.3) is 0 Å². The second-order valence-corrected chi connectivity index (χ2v) is 7.72. The van der Waals surface area contributed by atoms with E-state index in [1.54, 1.807) is 11.8 Å². The van der Waals surface area contributed by atoms with E-state index in [0.29, 0.717) is 39.1 Å². The summed E-state index contributed by atoms with van der Waals surface area (Å²) in [5.74, 6) is -1.05. The molecular formula is C19H31N3O4. The number of rotatable bonds is 4. The molecule has 2 amide bonds. The normalized spacial score (nSPS) is 24.8. The van der Waals surface area contributed by atoms with Crippen LogP contribution in [0.2, 0.25) is 0 Å². The largest absolute Gasteiger partial charge is 0.465 e. The first-order valence-electron chi connectivity index (χ1n) is 10.1. The van der Waals surface area contributed by atoms with Crippen molar-refractivity contribution in [1.82, 2.24) is 15.5 Å². The van der Waals surface area contributed by atoms with Gasteiger partial charge in [-0.2, -0.15) is 0 Å². The highest BCUT2D eigenvalue weighted by Gasteiger charge is 2.46. The first-order chi connectivity index (χ1) is 12.6. The minimum absolute atomic E-state index is 0.0325. The first-order valence-corrected chi connectivity index (χ1v) is 10.1. The van der Waals surface area contributed by atoms with Gasteiger partial charge in [0, 0.05) is 26.2 Å². The van der Waals surface area contributed by atoms with Crippen LogP contribution < -0.4 is 10.6 Å². The van der Waals surface area contributed by atoms with Crippen LogP contribution in [0.15, 0.2) is 0 Å². The van der Waals surface area contributed by atoms with Gasteiger partial charge >= 0.3 is 5.97 Å². The van der Waals surface area contributed by atoms with Crippen LogP contribution in [0.4, 0.5) is 0 Å². The van der Waals surface area contributed by atoms with E-state index in [1.165, 1.54) is 6.42 Å². The first kappa shape index (κ1) is 19.1. The average molecular weight is 365 g/mol. The third-order valence-electron chi connectivity index (χ3n) is 6.17. The van der Waals surface area contributed by atoms with Gasteiger partial charge in [-0.15, -0.1) is 0 Å². The lowest BCUT2D eigenvalue weighted by Gasteiger charge is -2.44. The number of likely N-dealkylation sites (tertiary alicyclic amines) is 1. The Hall–Kier alpha value is -1.63. The number of esters is 1. The molecule has 1 saturated carbocycles. The van der Waals surface area contributed by atoms with Crippen LogP contribution >= 0.6 is 0 Å². The molecule has 0 bridgehead atoms. The zero-order valence-electron chi connectivity index (χ0n) is 15.7. The molecule has 26 heavy (non-hydrogen) atoms. The van der Waals surface area contributed by atoms with Gasteiger partial charge in [0.2, 0.25) is 11.8 Å². The maximum Gasteiger partial charge on any atom is 0.318 e. The number of piperidine rings is 1. The van der Waals surface area contributed by atoms with Crippen molar-refractivity contribution >= 4 is 17.8 Å². The van der Waals surface area contributed by atoms with Crippen molar-refractivity contribution in [1.29, 1.82) is 0 Å². The Morgan fingerprint density at radius 3 is 2.50 bits per heavy atom. The summed E-state index contributed by atoms with van der Waals surface area (Å²) in [5.41, 5.74) is -0.556. The molecule has 2 heterocycles. The third kappa shape index (κ3) is 3.87. The van der Waals surface area contributed by atoms with E-state index in [4.69, 9.17) is 4.74 Å². The molecule has 2 saturated heterocycles. The molecule has 1 unspecified atom stereocenters. The van der Waals surface area contributed by atoms with Crippen LogP contribution in [0.5, 0.6) is 0 Å². The highest BCUT2D eigenvalue weighted by molar-refractivity contribution is 5.98. The van der Waals surface area contributed by atoms with Crippen LogP contribution in [0.1, 0.15) is 51.9 Å². The molecule has 1 spiro atoms. The number of nitrogens with zero attached hydrogens (tertiary/aromatic N) is 1. The third-order valence-corrected chi connectivity index (χ3v) is 6.17.